The van der Waals surface area contributed by atoms with Crippen LogP contribution in [-0.2, 0) is 0 Å². The summed E-state index contributed by atoms with van der Waals surface area (Å²) >= 11 is 0. The number of nitriles is 1. The number of allylic oxidation sites excluding steroid dienone is 1. The first-order chi connectivity index (χ1) is 6.36. The number of hydrogen-bond donors (Lipinski definition) is 0. The van der Waals surface area contributed by atoms with Crippen LogP contribution >= 0.6 is 0 Å². The van der Waals surface area contributed by atoms with Crippen molar-refractivity contribution >= 4 is 0 Å². The zero-order chi connectivity index (χ0) is 9.52. The Labute approximate surface area is 81.5 Å². The zero-order valence-corrected chi connectivity index (χ0v) is 8.34. The van der Waals surface area contributed by atoms with Crippen LogP contribution in [0.1, 0.15) is 44.9 Å². The SMILES string of the molecule is C=CCC(C#N)CC1CCCCC1. The average Bonchev–Trinajstić information content (AvgIpc) is 2.19. The van der Waals surface area contributed by atoms with Crippen LogP contribution in [0, 0.1) is 23.2 Å². The lowest BCUT2D eigenvalue weighted by Crippen LogP contribution is -2.10. The van der Waals surface area contributed by atoms with Gasteiger partial charge in [-0.1, -0.05) is 38.2 Å². The van der Waals surface area contributed by atoms with Gasteiger partial charge in [-0.25, -0.2) is 0 Å². The molecule has 0 radical (unpaired) electrons. The van der Waals surface area contributed by atoms with Gasteiger partial charge in [0, 0.05) is 0 Å². The van der Waals surface area contributed by atoms with Crippen molar-refractivity contribution in [2.24, 2.45) is 11.8 Å². The normalized spacial score (nSPS) is 20.5. The second kappa shape index (κ2) is 5.80. The van der Waals surface area contributed by atoms with E-state index in [1.165, 1.54) is 32.1 Å². The summed E-state index contributed by atoms with van der Waals surface area (Å²) in [6.07, 6.45) is 10.7. The molecule has 0 amide bonds. The first kappa shape index (κ1) is 10.3. The van der Waals surface area contributed by atoms with Crippen molar-refractivity contribution in [2.75, 3.05) is 0 Å². The molecule has 1 aliphatic carbocycles. The lowest BCUT2D eigenvalue weighted by Gasteiger charge is -2.22. The van der Waals surface area contributed by atoms with Crippen LogP contribution in [-0.4, -0.2) is 0 Å². The van der Waals surface area contributed by atoms with Crippen LogP contribution in [0.3, 0.4) is 0 Å². The molecule has 1 nitrogen and oxygen atoms in total. The fraction of sp³-hybridized carbons (Fsp3) is 0.750. The minimum absolute atomic E-state index is 0.223. The molecule has 13 heavy (non-hydrogen) atoms. The topological polar surface area (TPSA) is 23.8 Å². The molecule has 1 atom stereocenters. The summed E-state index contributed by atoms with van der Waals surface area (Å²) in [6, 6.07) is 2.38. The van der Waals surface area contributed by atoms with Crippen LogP contribution in [0.2, 0.25) is 0 Å². The van der Waals surface area contributed by atoms with Crippen molar-refractivity contribution in [2.45, 2.75) is 44.9 Å². The van der Waals surface area contributed by atoms with Crippen molar-refractivity contribution in [3.8, 4) is 6.07 Å². The Morgan fingerprint density at radius 3 is 2.62 bits per heavy atom. The average molecular weight is 177 g/mol. The van der Waals surface area contributed by atoms with Gasteiger partial charge in [-0.05, 0) is 18.8 Å². The van der Waals surface area contributed by atoms with E-state index in [1.807, 2.05) is 6.08 Å². The predicted molar refractivity (Wildman–Crippen MR) is 55.1 cm³/mol. The third kappa shape index (κ3) is 3.63. The molecule has 72 valence electrons. The highest BCUT2D eigenvalue weighted by Crippen LogP contribution is 2.29. The molecule has 0 heterocycles. The molecule has 0 aromatic heterocycles. The summed E-state index contributed by atoms with van der Waals surface area (Å²) in [5.41, 5.74) is 0. The zero-order valence-electron chi connectivity index (χ0n) is 8.34. The predicted octanol–water partition coefficient (Wildman–Crippen LogP) is 3.67. The van der Waals surface area contributed by atoms with Crippen LogP contribution in [0.4, 0.5) is 0 Å². The lowest BCUT2D eigenvalue weighted by molar-refractivity contribution is 0.311. The van der Waals surface area contributed by atoms with Crippen molar-refractivity contribution < 1.29 is 0 Å². The third-order valence-electron chi connectivity index (χ3n) is 2.98. The Bertz CT molecular complexity index is 184. The highest BCUT2D eigenvalue weighted by Gasteiger charge is 2.17. The van der Waals surface area contributed by atoms with E-state index in [1.54, 1.807) is 0 Å². The van der Waals surface area contributed by atoms with Crippen molar-refractivity contribution in [1.82, 2.24) is 0 Å². The molecule has 1 unspecified atom stereocenters. The number of rotatable bonds is 4. The number of nitrogens with zero attached hydrogens (tertiary/aromatic N) is 1. The Kier molecular flexibility index (Phi) is 4.60. The maximum Gasteiger partial charge on any atom is 0.0659 e. The Morgan fingerprint density at radius 1 is 1.38 bits per heavy atom. The molecule has 0 saturated heterocycles. The summed E-state index contributed by atoms with van der Waals surface area (Å²) in [4.78, 5) is 0. The van der Waals surface area contributed by atoms with Gasteiger partial charge in [0.1, 0.15) is 0 Å². The van der Waals surface area contributed by atoms with E-state index in [9.17, 15) is 0 Å². The van der Waals surface area contributed by atoms with E-state index in [0.717, 1.165) is 18.8 Å². The van der Waals surface area contributed by atoms with Gasteiger partial charge in [0.15, 0.2) is 0 Å². The van der Waals surface area contributed by atoms with E-state index in [-0.39, 0.29) is 5.92 Å². The second-order valence-corrected chi connectivity index (χ2v) is 4.09. The van der Waals surface area contributed by atoms with E-state index in [4.69, 9.17) is 5.26 Å². The molecule has 1 saturated carbocycles. The third-order valence-corrected chi connectivity index (χ3v) is 2.98. The monoisotopic (exact) mass is 177 g/mol. The van der Waals surface area contributed by atoms with Gasteiger partial charge in [-0.15, -0.1) is 6.58 Å². The summed E-state index contributed by atoms with van der Waals surface area (Å²) in [6.45, 7) is 3.69. The van der Waals surface area contributed by atoms with E-state index in [0.29, 0.717) is 0 Å². The molecular formula is C12H19N. The fourth-order valence-electron chi connectivity index (χ4n) is 2.23. The maximum absolute atomic E-state index is 8.89. The standard InChI is InChI=1S/C12H19N/c1-2-6-12(10-13)9-11-7-4-3-5-8-11/h2,11-12H,1,3-9H2. The first-order valence-electron chi connectivity index (χ1n) is 5.37. The molecule has 0 aromatic rings. The quantitative estimate of drug-likeness (QED) is 0.601. The van der Waals surface area contributed by atoms with Gasteiger partial charge in [0.25, 0.3) is 0 Å². The maximum atomic E-state index is 8.89. The molecule has 0 spiro atoms. The minimum Gasteiger partial charge on any atom is -0.198 e. The van der Waals surface area contributed by atoms with Crippen LogP contribution in [0.25, 0.3) is 0 Å². The highest BCUT2D eigenvalue weighted by atomic mass is 14.3. The first-order valence-corrected chi connectivity index (χ1v) is 5.37. The molecule has 0 aromatic carbocycles. The van der Waals surface area contributed by atoms with E-state index >= 15 is 0 Å². The van der Waals surface area contributed by atoms with E-state index < -0.39 is 0 Å². The minimum atomic E-state index is 0.223. The second-order valence-electron chi connectivity index (χ2n) is 4.09. The van der Waals surface area contributed by atoms with Crippen LogP contribution in [0.5, 0.6) is 0 Å². The summed E-state index contributed by atoms with van der Waals surface area (Å²) in [7, 11) is 0. The molecule has 0 N–H and O–H groups in total. The molecule has 1 rings (SSSR count). The van der Waals surface area contributed by atoms with Crippen molar-refractivity contribution in [3.05, 3.63) is 12.7 Å². The lowest BCUT2D eigenvalue weighted by atomic mass is 9.82. The van der Waals surface area contributed by atoms with Gasteiger partial charge in [0.2, 0.25) is 0 Å². The van der Waals surface area contributed by atoms with E-state index in [2.05, 4.69) is 12.6 Å². The van der Waals surface area contributed by atoms with Crippen LogP contribution < -0.4 is 0 Å². The molecule has 0 aliphatic heterocycles. The Balaban J connectivity index is 2.27. The van der Waals surface area contributed by atoms with Gasteiger partial charge in [0.05, 0.1) is 12.0 Å². The van der Waals surface area contributed by atoms with Gasteiger partial charge >= 0.3 is 0 Å². The molecule has 1 heteroatoms. The number of hydrogen-bond acceptors (Lipinski definition) is 1. The van der Waals surface area contributed by atoms with Gasteiger partial charge < -0.3 is 0 Å². The Hall–Kier alpha value is -0.770. The van der Waals surface area contributed by atoms with Crippen molar-refractivity contribution in [1.29, 1.82) is 5.26 Å². The molecule has 1 fully saturated rings. The summed E-state index contributed by atoms with van der Waals surface area (Å²) in [5.74, 6) is 1.04. The molecule has 1 aliphatic rings. The Morgan fingerprint density at radius 2 is 2.08 bits per heavy atom. The molecule has 0 bridgehead atoms. The molecular weight excluding hydrogens is 158 g/mol. The smallest absolute Gasteiger partial charge is 0.0659 e. The van der Waals surface area contributed by atoms with Crippen LogP contribution in [0.15, 0.2) is 12.7 Å². The van der Waals surface area contributed by atoms with Gasteiger partial charge in [-0.2, -0.15) is 5.26 Å². The van der Waals surface area contributed by atoms with Crippen molar-refractivity contribution in [3.63, 3.8) is 0 Å². The summed E-state index contributed by atoms with van der Waals surface area (Å²) < 4.78 is 0. The fourth-order valence-corrected chi connectivity index (χ4v) is 2.23. The van der Waals surface area contributed by atoms with Gasteiger partial charge in [-0.3, -0.25) is 0 Å². The summed E-state index contributed by atoms with van der Waals surface area (Å²) in [5, 5.41) is 8.89. The highest BCUT2D eigenvalue weighted by molar-refractivity contribution is 4.89. The largest absolute Gasteiger partial charge is 0.198 e.